The van der Waals surface area contributed by atoms with Gasteiger partial charge in [0, 0.05) is 20.2 Å². The first kappa shape index (κ1) is 13.6. The second-order valence-corrected chi connectivity index (χ2v) is 6.74. The highest BCUT2D eigenvalue weighted by atomic mass is 35.5. The van der Waals surface area contributed by atoms with Gasteiger partial charge in [0.2, 0.25) is 0 Å². The number of fused-ring (bicyclic) bond motifs is 1. The third kappa shape index (κ3) is 2.54. The number of nitrogens with zero attached hydrogens (tertiary/aromatic N) is 2. The molecule has 0 aliphatic heterocycles. The lowest BCUT2D eigenvalue weighted by atomic mass is 10.2. The van der Waals surface area contributed by atoms with Crippen molar-refractivity contribution in [1.82, 2.24) is 9.78 Å². The van der Waals surface area contributed by atoms with Gasteiger partial charge in [-0.25, -0.2) is 0 Å². The first-order valence-electron chi connectivity index (χ1n) is 7.05. The molecule has 0 saturated carbocycles. The maximum Gasteiger partial charge on any atom is 0.0759 e. The van der Waals surface area contributed by atoms with E-state index in [1.165, 1.54) is 15.3 Å². The lowest BCUT2D eigenvalue weighted by molar-refractivity contribution is 0.721. The summed E-state index contributed by atoms with van der Waals surface area (Å²) in [5.41, 5.74) is 2.37. The molecule has 4 heteroatoms. The second-order valence-electron chi connectivity index (χ2n) is 5.14. The molecule has 0 atom stereocenters. The number of hydrogen-bond acceptors (Lipinski definition) is 2. The van der Waals surface area contributed by atoms with Crippen LogP contribution in [0.5, 0.6) is 0 Å². The fourth-order valence-corrected chi connectivity index (χ4v) is 3.73. The van der Waals surface area contributed by atoms with Crippen LogP contribution in [0.1, 0.15) is 4.88 Å². The predicted molar refractivity (Wildman–Crippen MR) is 93.6 cm³/mol. The maximum atomic E-state index is 6.02. The molecule has 4 rings (SSSR count). The Kier molecular flexibility index (Phi) is 3.45. The van der Waals surface area contributed by atoms with Crippen LogP contribution in [0.25, 0.3) is 21.3 Å². The topological polar surface area (TPSA) is 17.8 Å². The van der Waals surface area contributed by atoms with E-state index in [9.17, 15) is 0 Å². The quantitative estimate of drug-likeness (QED) is 0.489. The van der Waals surface area contributed by atoms with Crippen LogP contribution in [0.2, 0.25) is 5.02 Å². The minimum atomic E-state index is 0.745. The third-order valence-corrected chi connectivity index (χ3v) is 4.98. The van der Waals surface area contributed by atoms with Gasteiger partial charge in [-0.15, -0.1) is 11.3 Å². The second kappa shape index (κ2) is 5.59. The van der Waals surface area contributed by atoms with Crippen LogP contribution >= 0.6 is 22.9 Å². The zero-order valence-electron chi connectivity index (χ0n) is 11.7. The van der Waals surface area contributed by atoms with Gasteiger partial charge in [0.1, 0.15) is 0 Å². The lowest BCUT2D eigenvalue weighted by Crippen LogP contribution is -1.99. The molecule has 0 unspecified atom stereocenters. The Labute approximate surface area is 137 Å². The molecule has 4 aromatic rings. The van der Waals surface area contributed by atoms with Crippen molar-refractivity contribution < 1.29 is 0 Å². The molecular formula is C18H13ClN2S. The summed E-state index contributed by atoms with van der Waals surface area (Å²) in [6, 6.07) is 20.7. The Morgan fingerprint density at radius 2 is 1.86 bits per heavy atom. The number of aromatic nitrogens is 2. The Morgan fingerprint density at radius 3 is 2.73 bits per heavy atom. The SMILES string of the molecule is Clc1ccc2c(cnn2Cc2ccc(-c3ccccc3)s2)c1. The summed E-state index contributed by atoms with van der Waals surface area (Å²) in [7, 11) is 0. The van der Waals surface area contributed by atoms with E-state index >= 15 is 0 Å². The van der Waals surface area contributed by atoms with Crippen molar-refractivity contribution >= 4 is 33.8 Å². The Bertz CT molecular complexity index is 925. The first-order valence-corrected chi connectivity index (χ1v) is 8.24. The van der Waals surface area contributed by atoms with E-state index in [2.05, 4.69) is 41.5 Å². The molecule has 2 aromatic carbocycles. The molecular weight excluding hydrogens is 312 g/mol. The lowest BCUT2D eigenvalue weighted by Gasteiger charge is -2.01. The molecule has 0 fully saturated rings. The number of rotatable bonds is 3. The molecule has 22 heavy (non-hydrogen) atoms. The summed E-state index contributed by atoms with van der Waals surface area (Å²) in [5, 5.41) is 6.30. The van der Waals surface area contributed by atoms with E-state index in [-0.39, 0.29) is 0 Å². The average Bonchev–Trinajstić information content (AvgIpc) is 3.16. The van der Waals surface area contributed by atoms with Gasteiger partial charge in [-0.2, -0.15) is 5.10 Å². The average molecular weight is 325 g/mol. The highest BCUT2D eigenvalue weighted by Gasteiger charge is 2.07. The number of benzene rings is 2. The van der Waals surface area contributed by atoms with Gasteiger partial charge in [0.15, 0.2) is 0 Å². The van der Waals surface area contributed by atoms with Crippen LogP contribution < -0.4 is 0 Å². The zero-order chi connectivity index (χ0) is 14.9. The van der Waals surface area contributed by atoms with Gasteiger partial charge in [-0.1, -0.05) is 41.9 Å². The van der Waals surface area contributed by atoms with Crippen LogP contribution in [0.4, 0.5) is 0 Å². The van der Waals surface area contributed by atoms with Crippen LogP contribution in [0.15, 0.2) is 66.9 Å². The van der Waals surface area contributed by atoms with Crippen molar-refractivity contribution in [3.63, 3.8) is 0 Å². The molecule has 2 nitrogen and oxygen atoms in total. The molecule has 0 saturated heterocycles. The van der Waals surface area contributed by atoms with Crippen LogP contribution in [-0.2, 0) is 6.54 Å². The molecule has 2 aromatic heterocycles. The van der Waals surface area contributed by atoms with Crippen molar-refractivity contribution in [3.8, 4) is 10.4 Å². The Hall–Kier alpha value is -2.10. The van der Waals surface area contributed by atoms with Gasteiger partial charge in [0.25, 0.3) is 0 Å². The monoisotopic (exact) mass is 324 g/mol. The van der Waals surface area contributed by atoms with Gasteiger partial charge in [-0.3, -0.25) is 4.68 Å². The van der Waals surface area contributed by atoms with Gasteiger partial charge >= 0.3 is 0 Å². The van der Waals surface area contributed by atoms with Crippen molar-refractivity contribution in [1.29, 1.82) is 0 Å². The minimum absolute atomic E-state index is 0.745. The van der Waals surface area contributed by atoms with E-state index in [4.69, 9.17) is 11.6 Å². The molecule has 0 amide bonds. The molecule has 2 heterocycles. The van der Waals surface area contributed by atoms with Crippen molar-refractivity contribution in [3.05, 3.63) is 76.8 Å². The van der Waals surface area contributed by atoms with E-state index < -0.39 is 0 Å². The zero-order valence-corrected chi connectivity index (χ0v) is 13.3. The van der Waals surface area contributed by atoms with E-state index in [0.29, 0.717) is 0 Å². The summed E-state index contributed by atoms with van der Waals surface area (Å²) < 4.78 is 2.02. The van der Waals surface area contributed by atoms with Gasteiger partial charge in [0.05, 0.1) is 18.3 Å². The van der Waals surface area contributed by atoms with Crippen LogP contribution in [-0.4, -0.2) is 9.78 Å². The van der Waals surface area contributed by atoms with Crippen molar-refractivity contribution in [2.75, 3.05) is 0 Å². The number of thiophene rings is 1. The van der Waals surface area contributed by atoms with E-state index in [1.807, 2.05) is 46.5 Å². The summed E-state index contributed by atoms with van der Waals surface area (Å²) >= 11 is 7.83. The smallest absolute Gasteiger partial charge is 0.0759 e. The summed E-state index contributed by atoms with van der Waals surface area (Å²) in [6.45, 7) is 0.780. The third-order valence-electron chi connectivity index (χ3n) is 3.63. The number of hydrogen-bond donors (Lipinski definition) is 0. The van der Waals surface area contributed by atoms with Crippen LogP contribution in [0, 0.1) is 0 Å². The normalized spacial score (nSPS) is 11.1. The highest BCUT2D eigenvalue weighted by molar-refractivity contribution is 7.15. The summed E-state index contributed by atoms with van der Waals surface area (Å²) in [5.74, 6) is 0. The van der Waals surface area contributed by atoms with Crippen LogP contribution in [0.3, 0.4) is 0 Å². The molecule has 0 radical (unpaired) electrons. The highest BCUT2D eigenvalue weighted by Crippen LogP contribution is 2.29. The van der Waals surface area contributed by atoms with Crippen molar-refractivity contribution in [2.45, 2.75) is 6.54 Å². The number of halogens is 1. The largest absolute Gasteiger partial charge is 0.260 e. The van der Waals surface area contributed by atoms with E-state index in [0.717, 1.165) is 22.5 Å². The van der Waals surface area contributed by atoms with E-state index in [1.54, 1.807) is 0 Å². The molecule has 108 valence electrons. The fraction of sp³-hybridized carbons (Fsp3) is 0.0556. The predicted octanol–water partition coefficient (Wildman–Crippen LogP) is 5.47. The molecule has 0 spiro atoms. The molecule has 0 aliphatic carbocycles. The first-order chi connectivity index (χ1) is 10.8. The molecule has 0 N–H and O–H groups in total. The Balaban J connectivity index is 1.65. The summed E-state index contributed by atoms with van der Waals surface area (Å²) in [6.07, 6.45) is 1.87. The minimum Gasteiger partial charge on any atom is -0.260 e. The fourth-order valence-electron chi connectivity index (χ4n) is 2.55. The van der Waals surface area contributed by atoms with Gasteiger partial charge < -0.3 is 0 Å². The summed E-state index contributed by atoms with van der Waals surface area (Å²) in [4.78, 5) is 2.58. The van der Waals surface area contributed by atoms with Crippen molar-refractivity contribution in [2.24, 2.45) is 0 Å². The standard InChI is InChI=1S/C18H13ClN2S/c19-15-6-8-17-14(10-15)11-20-21(17)12-16-7-9-18(22-16)13-4-2-1-3-5-13/h1-11H,12H2. The molecule has 0 bridgehead atoms. The molecule has 0 aliphatic rings. The van der Waals surface area contributed by atoms with Gasteiger partial charge in [-0.05, 0) is 35.9 Å². The Morgan fingerprint density at radius 1 is 1.00 bits per heavy atom. The maximum absolute atomic E-state index is 6.02.